The molecular formula is C16H16F3N3O2. The highest BCUT2D eigenvalue weighted by Crippen LogP contribution is 2.29. The minimum Gasteiger partial charge on any atom is -0.473 e. The molecule has 0 unspecified atom stereocenters. The molecule has 1 aromatic heterocycles. The molecule has 0 spiro atoms. The second kappa shape index (κ2) is 6.18. The fraction of sp³-hybridized carbons (Fsp3) is 0.375. The summed E-state index contributed by atoms with van der Waals surface area (Å²) < 4.78 is 45.1. The van der Waals surface area contributed by atoms with Crippen LogP contribution in [0.15, 0.2) is 35.1 Å². The van der Waals surface area contributed by atoms with Crippen molar-refractivity contribution in [3.63, 3.8) is 0 Å². The molecule has 1 aliphatic heterocycles. The summed E-state index contributed by atoms with van der Waals surface area (Å²) in [5, 5.41) is 0. The van der Waals surface area contributed by atoms with Gasteiger partial charge in [0, 0.05) is 26.2 Å². The van der Waals surface area contributed by atoms with Crippen molar-refractivity contribution in [3.05, 3.63) is 51.9 Å². The molecule has 0 saturated heterocycles. The Bertz CT molecular complexity index is 802. The molecule has 0 bridgehead atoms. The van der Waals surface area contributed by atoms with E-state index >= 15 is 0 Å². The van der Waals surface area contributed by atoms with Gasteiger partial charge in [-0.3, -0.25) is 4.57 Å². The van der Waals surface area contributed by atoms with E-state index < -0.39 is 17.4 Å². The third-order valence-corrected chi connectivity index (χ3v) is 3.87. The van der Waals surface area contributed by atoms with Crippen molar-refractivity contribution in [2.45, 2.75) is 25.7 Å². The van der Waals surface area contributed by atoms with Crippen molar-refractivity contribution in [3.8, 4) is 5.88 Å². The van der Waals surface area contributed by atoms with E-state index in [0.29, 0.717) is 17.9 Å². The first-order valence-corrected chi connectivity index (χ1v) is 7.46. The molecule has 2 heterocycles. The van der Waals surface area contributed by atoms with Gasteiger partial charge in [0.05, 0.1) is 5.56 Å². The fourth-order valence-electron chi connectivity index (χ4n) is 2.65. The number of nitrogens with zero attached hydrogens (tertiary/aromatic N) is 3. The van der Waals surface area contributed by atoms with Crippen LogP contribution in [0.5, 0.6) is 5.88 Å². The molecule has 0 saturated carbocycles. The SMILES string of the molecule is CN1CCCn2c1cc(OCc1cccc(C(F)(F)F)c1)nc2=O. The quantitative estimate of drug-likeness (QED) is 0.863. The van der Waals surface area contributed by atoms with Crippen LogP contribution in [0, 0.1) is 0 Å². The smallest absolute Gasteiger partial charge is 0.416 e. The molecule has 0 N–H and O–H groups in total. The minimum absolute atomic E-state index is 0.0937. The number of aromatic nitrogens is 2. The topological polar surface area (TPSA) is 47.4 Å². The normalized spacial score (nSPS) is 14.4. The van der Waals surface area contributed by atoms with Gasteiger partial charge in [-0.25, -0.2) is 4.79 Å². The highest BCUT2D eigenvalue weighted by atomic mass is 19.4. The summed E-state index contributed by atoms with van der Waals surface area (Å²) in [6.07, 6.45) is -3.54. The number of halogens is 3. The first-order chi connectivity index (χ1) is 11.3. The Morgan fingerprint density at radius 2 is 2.04 bits per heavy atom. The number of benzene rings is 1. The van der Waals surface area contributed by atoms with Gasteiger partial charge in [0.1, 0.15) is 12.4 Å². The number of anilines is 1. The van der Waals surface area contributed by atoms with Crippen molar-refractivity contribution in [2.24, 2.45) is 0 Å². The molecule has 8 heteroatoms. The Morgan fingerprint density at radius 1 is 1.25 bits per heavy atom. The summed E-state index contributed by atoms with van der Waals surface area (Å²) in [6, 6.07) is 6.52. The zero-order chi connectivity index (χ0) is 17.3. The van der Waals surface area contributed by atoms with Crippen LogP contribution in [0.4, 0.5) is 19.0 Å². The standard InChI is InChI=1S/C16H16F3N3O2/c1-21-6-3-7-22-14(21)9-13(20-15(22)23)24-10-11-4-2-5-12(8-11)16(17,18)19/h2,4-5,8-9H,3,6-7,10H2,1H3. The lowest BCUT2D eigenvalue weighted by Gasteiger charge is -2.28. The number of alkyl halides is 3. The van der Waals surface area contributed by atoms with Gasteiger partial charge in [0.2, 0.25) is 5.88 Å². The van der Waals surface area contributed by atoms with E-state index in [0.717, 1.165) is 25.1 Å². The molecular weight excluding hydrogens is 323 g/mol. The summed E-state index contributed by atoms with van der Waals surface area (Å²) in [5.41, 5.74) is -0.794. The summed E-state index contributed by atoms with van der Waals surface area (Å²) in [4.78, 5) is 17.8. The molecule has 0 atom stereocenters. The molecule has 0 aliphatic carbocycles. The number of rotatable bonds is 3. The molecule has 0 radical (unpaired) electrons. The third kappa shape index (κ3) is 3.37. The minimum atomic E-state index is -4.40. The van der Waals surface area contributed by atoms with E-state index in [4.69, 9.17) is 4.74 Å². The first-order valence-electron chi connectivity index (χ1n) is 7.46. The van der Waals surface area contributed by atoms with Crippen molar-refractivity contribution < 1.29 is 17.9 Å². The average molecular weight is 339 g/mol. The van der Waals surface area contributed by atoms with Crippen LogP contribution in [0.1, 0.15) is 17.5 Å². The van der Waals surface area contributed by atoms with E-state index in [1.165, 1.54) is 12.1 Å². The lowest BCUT2D eigenvalue weighted by Crippen LogP contribution is -2.36. The van der Waals surface area contributed by atoms with Crippen LogP contribution in [0.25, 0.3) is 0 Å². The molecule has 1 aromatic carbocycles. The number of fused-ring (bicyclic) bond motifs is 1. The van der Waals surface area contributed by atoms with Crippen molar-refractivity contribution >= 4 is 5.82 Å². The van der Waals surface area contributed by atoms with E-state index in [1.807, 2.05) is 11.9 Å². The van der Waals surface area contributed by atoms with Crippen LogP contribution < -0.4 is 15.3 Å². The Kier molecular flexibility index (Phi) is 4.21. The van der Waals surface area contributed by atoms with Crippen molar-refractivity contribution in [2.75, 3.05) is 18.5 Å². The van der Waals surface area contributed by atoms with Gasteiger partial charge in [-0.2, -0.15) is 18.2 Å². The largest absolute Gasteiger partial charge is 0.473 e. The molecule has 128 valence electrons. The third-order valence-electron chi connectivity index (χ3n) is 3.87. The maximum atomic E-state index is 12.7. The van der Waals surface area contributed by atoms with Gasteiger partial charge >= 0.3 is 11.9 Å². The number of hydrogen-bond donors (Lipinski definition) is 0. The predicted octanol–water partition coefficient (Wildman–Crippen LogP) is 2.68. The van der Waals surface area contributed by atoms with Crippen molar-refractivity contribution in [1.82, 2.24) is 9.55 Å². The lowest BCUT2D eigenvalue weighted by molar-refractivity contribution is -0.137. The van der Waals surface area contributed by atoms with Gasteiger partial charge in [0.15, 0.2) is 0 Å². The lowest BCUT2D eigenvalue weighted by atomic mass is 10.1. The van der Waals surface area contributed by atoms with Crippen molar-refractivity contribution in [1.29, 1.82) is 0 Å². The summed E-state index contributed by atoms with van der Waals surface area (Å²) in [6.45, 7) is 1.32. The summed E-state index contributed by atoms with van der Waals surface area (Å²) in [5.74, 6) is 0.803. The maximum absolute atomic E-state index is 12.7. The second-order valence-corrected chi connectivity index (χ2v) is 5.65. The molecule has 24 heavy (non-hydrogen) atoms. The molecule has 5 nitrogen and oxygen atoms in total. The van der Waals surface area contributed by atoms with Crippen LogP contribution in [0.3, 0.4) is 0 Å². The molecule has 0 fully saturated rings. The molecule has 3 rings (SSSR count). The predicted molar refractivity (Wildman–Crippen MR) is 82.2 cm³/mol. The van der Waals surface area contributed by atoms with Gasteiger partial charge in [-0.15, -0.1) is 0 Å². The summed E-state index contributed by atoms with van der Waals surface area (Å²) >= 11 is 0. The van der Waals surface area contributed by atoms with E-state index in [1.54, 1.807) is 10.6 Å². The Balaban J connectivity index is 1.79. The fourth-order valence-corrected chi connectivity index (χ4v) is 2.65. The highest BCUT2D eigenvalue weighted by Gasteiger charge is 2.30. The molecule has 2 aromatic rings. The Hall–Kier alpha value is -2.51. The Morgan fingerprint density at radius 3 is 2.79 bits per heavy atom. The van der Waals surface area contributed by atoms with Gasteiger partial charge in [0.25, 0.3) is 0 Å². The van der Waals surface area contributed by atoms with E-state index in [-0.39, 0.29) is 12.5 Å². The number of ether oxygens (including phenoxy) is 1. The van der Waals surface area contributed by atoms with Gasteiger partial charge < -0.3 is 9.64 Å². The zero-order valence-electron chi connectivity index (χ0n) is 13.0. The summed E-state index contributed by atoms with van der Waals surface area (Å²) in [7, 11) is 1.86. The monoisotopic (exact) mass is 339 g/mol. The average Bonchev–Trinajstić information content (AvgIpc) is 2.53. The van der Waals surface area contributed by atoms with Crippen LogP contribution >= 0.6 is 0 Å². The first kappa shape index (κ1) is 16.4. The number of hydrogen-bond acceptors (Lipinski definition) is 4. The Labute approximate surface area is 136 Å². The molecule has 0 amide bonds. The van der Waals surface area contributed by atoms with Crippen LogP contribution in [0.2, 0.25) is 0 Å². The highest BCUT2D eigenvalue weighted by molar-refractivity contribution is 5.42. The maximum Gasteiger partial charge on any atom is 0.416 e. The molecule has 1 aliphatic rings. The van der Waals surface area contributed by atoms with E-state index in [2.05, 4.69) is 4.98 Å². The zero-order valence-corrected chi connectivity index (χ0v) is 13.0. The second-order valence-electron chi connectivity index (χ2n) is 5.65. The van der Waals surface area contributed by atoms with Gasteiger partial charge in [-0.1, -0.05) is 12.1 Å². The van der Waals surface area contributed by atoms with Crippen LogP contribution in [-0.2, 0) is 19.3 Å². The van der Waals surface area contributed by atoms with Gasteiger partial charge in [-0.05, 0) is 24.1 Å². The van der Waals surface area contributed by atoms with Crippen LogP contribution in [-0.4, -0.2) is 23.1 Å². The van der Waals surface area contributed by atoms with E-state index in [9.17, 15) is 18.0 Å².